The van der Waals surface area contributed by atoms with Gasteiger partial charge in [0.15, 0.2) is 5.69 Å². The molecule has 3 rings (SSSR count). The highest BCUT2D eigenvalue weighted by Crippen LogP contribution is 2.26. The number of piperidine rings is 1. The van der Waals surface area contributed by atoms with E-state index >= 15 is 0 Å². The van der Waals surface area contributed by atoms with Crippen LogP contribution in [0.15, 0.2) is 22.9 Å². The SMILES string of the molecule is Cc1cc(C(=O)N2CCCC(c3ccn(CC(=O)O)n3)C2)no1. The summed E-state index contributed by atoms with van der Waals surface area (Å²) in [6.45, 7) is 2.82. The lowest BCUT2D eigenvalue weighted by atomic mass is 9.95. The molecule has 0 bridgehead atoms. The van der Waals surface area contributed by atoms with E-state index in [1.54, 1.807) is 24.1 Å². The van der Waals surface area contributed by atoms with E-state index in [2.05, 4.69) is 10.3 Å². The van der Waals surface area contributed by atoms with Crippen LogP contribution in [0.25, 0.3) is 0 Å². The number of carbonyl (C=O) groups is 2. The van der Waals surface area contributed by atoms with Crippen molar-refractivity contribution in [2.45, 2.75) is 32.2 Å². The monoisotopic (exact) mass is 318 g/mol. The minimum absolute atomic E-state index is 0.107. The van der Waals surface area contributed by atoms with Crippen LogP contribution in [0.1, 0.15) is 40.7 Å². The molecule has 0 spiro atoms. The Kier molecular flexibility index (Phi) is 4.14. The van der Waals surface area contributed by atoms with Crippen molar-refractivity contribution in [2.24, 2.45) is 0 Å². The molecule has 23 heavy (non-hydrogen) atoms. The normalized spacial score (nSPS) is 18.1. The van der Waals surface area contributed by atoms with E-state index < -0.39 is 5.97 Å². The molecule has 2 aromatic heterocycles. The molecule has 0 saturated carbocycles. The maximum atomic E-state index is 12.4. The molecule has 8 heteroatoms. The molecule has 2 aromatic rings. The van der Waals surface area contributed by atoms with Gasteiger partial charge in [-0.1, -0.05) is 5.16 Å². The van der Waals surface area contributed by atoms with Crippen molar-refractivity contribution in [3.05, 3.63) is 35.5 Å². The van der Waals surface area contributed by atoms with Gasteiger partial charge < -0.3 is 14.5 Å². The van der Waals surface area contributed by atoms with E-state index in [-0.39, 0.29) is 18.4 Å². The molecule has 0 radical (unpaired) electrons. The summed E-state index contributed by atoms with van der Waals surface area (Å²) in [5.41, 5.74) is 1.14. The maximum Gasteiger partial charge on any atom is 0.325 e. The number of hydrogen-bond acceptors (Lipinski definition) is 5. The lowest BCUT2D eigenvalue weighted by molar-refractivity contribution is -0.137. The van der Waals surface area contributed by atoms with Crippen LogP contribution in [0, 0.1) is 6.92 Å². The summed E-state index contributed by atoms with van der Waals surface area (Å²) >= 11 is 0. The van der Waals surface area contributed by atoms with Gasteiger partial charge in [-0.2, -0.15) is 5.10 Å². The number of rotatable bonds is 4. The number of aromatic nitrogens is 3. The molecule has 3 heterocycles. The molecule has 8 nitrogen and oxygen atoms in total. The Morgan fingerprint density at radius 2 is 2.30 bits per heavy atom. The van der Waals surface area contributed by atoms with Gasteiger partial charge in [-0.25, -0.2) is 0 Å². The molecule has 1 saturated heterocycles. The van der Waals surface area contributed by atoms with Crippen LogP contribution in [0.3, 0.4) is 0 Å². The van der Waals surface area contributed by atoms with E-state index in [0.717, 1.165) is 18.5 Å². The first kappa shape index (κ1) is 15.3. The van der Waals surface area contributed by atoms with Gasteiger partial charge in [0, 0.05) is 31.3 Å². The van der Waals surface area contributed by atoms with Crippen molar-refractivity contribution in [3.63, 3.8) is 0 Å². The summed E-state index contributed by atoms with van der Waals surface area (Å²) in [5, 5.41) is 16.9. The quantitative estimate of drug-likeness (QED) is 0.911. The number of carbonyl (C=O) groups excluding carboxylic acids is 1. The Labute approximate surface area is 132 Å². The molecule has 1 unspecified atom stereocenters. The van der Waals surface area contributed by atoms with E-state index in [1.165, 1.54) is 4.68 Å². The average Bonchev–Trinajstić information content (AvgIpc) is 3.15. The van der Waals surface area contributed by atoms with Crippen molar-refractivity contribution < 1.29 is 19.2 Å². The molecule has 0 aliphatic carbocycles. The van der Waals surface area contributed by atoms with Crippen LogP contribution in [0.5, 0.6) is 0 Å². The predicted octanol–water partition coefficient (Wildman–Crippen LogP) is 1.28. The summed E-state index contributed by atoms with van der Waals surface area (Å²) in [6.07, 6.45) is 3.45. The second-order valence-corrected chi connectivity index (χ2v) is 5.75. The van der Waals surface area contributed by atoms with E-state index in [4.69, 9.17) is 9.63 Å². The summed E-state index contributed by atoms with van der Waals surface area (Å²) < 4.78 is 6.36. The molecule has 1 N–H and O–H groups in total. The van der Waals surface area contributed by atoms with Crippen molar-refractivity contribution in [3.8, 4) is 0 Å². The molecule has 122 valence electrons. The highest BCUT2D eigenvalue weighted by molar-refractivity contribution is 5.92. The van der Waals surface area contributed by atoms with Crippen LogP contribution in [0.2, 0.25) is 0 Å². The first-order chi connectivity index (χ1) is 11.0. The lowest BCUT2D eigenvalue weighted by Crippen LogP contribution is -2.39. The summed E-state index contributed by atoms with van der Waals surface area (Å²) in [7, 11) is 0. The van der Waals surface area contributed by atoms with Crippen molar-refractivity contribution in [2.75, 3.05) is 13.1 Å². The standard InChI is InChI=1S/C15H18N4O4/c1-10-7-13(17-23-10)15(22)18-5-2-3-11(8-18)12-4-6-19(16-12)9-14(20)21/h4,6-7,11H,2-3,5,8-9H2,1H3,(H,20,21). The topological polar surface area (TPSA) is 101 Å². The largest absolute Gasteiger partial charge is 0.480 e. The van der Waals surface area contributed by atoms with Crippen LogP contribution in [-0.4, -0.2) is 49.9 Å². The van der Waals surface area contributed by atoms with Crippen molar-refractivity contribution in [1.82, 2.24) is 19.8 Å². The number of likely N-dealkylation sites (tertiary alicyclic amines) is 1. The Morgan fingerprint density at radius 1 is 1.48 bits per heavy atom. The maximum absolute atomic E-state index is 12.4. The van der Waals surface area contributed by atoms with Gasteiger partial charge in [-0.15, -0.1) is 0 Å². The van der Waals surface area contributed by atoms with E-state index in [1.807, 2.05) is 6.07 Å². The fraction of sp³-hybridized carbons (Fsp3) is 0.467. The molecule has 0 aromatic carbocycles. The average molecular weight is 318 g/mol. The zero-order valence-corrected chi connectivity index (χ0v) is 12.8. The summed E-state index contributed by atoms with van der Waals surface area (Å²) in [6, 6.07) is 3.45. The van der Waals surface area contributed by atoms with Crippen LogP contribution < -0.4 is 0 Å². The highest BCUT2D eigenvalue weighted by Gasteiger charge is 2.28. The molecule has 1 atom stereocenters. The second-order valence-electron chi connectivity index (χ2n) is 5.75. The fourth-order valence-electron chi connectivity index (χ4n) is 2.85. The third-order valence-corrected chi connectivity index (χ3v) is 3.93. The van der Waals surface area contributed by atoms with Crippen molar-refractivity contribution >= 4 is 11.9 Å². The van der Waals surface area contributed by atoms with E-state index in [9.17, 15) is 9.59 Å². The summed E-state index contributed by atoms with van der Waals surface area (Å²) in [5.74, 6) is -0.358. The third kappa shape index (κ3) is 3.41. The predicted molar refractivity (Wildman–Crippen MR) is 79.0 cm³/mol. The number of aryl methyl sites for hydroxylation is 1. The number of carboxylic acids is 1. The first-order valence-corrected chi connectivity index (χ1v) is 7.50. The smallest absolute Gasteiger partial charge is 0.325 e. The zero-order valence-electron chi connectivity index (χ0n) is 12.8. The third-order valence-electron chi connectivity index (χ3n) is 3.93. The fourth-order valence-corrected chi connectivity index (χ4v) is 2.85. The van der Waals surface area contributed by atoms with Gasteiger partial charge in [0.1, 0.15) is 12.3 Å². The van der Waals surface area contributed by atoms with Crippen molar-refractivity contribution in [1.29, 1.82) is 0 Å². The Hall–Kier alpha value is -2.64. The molecule has 1 aliphatic heterocycles. The second kappa shape index (κ2) is 6.23. The van der Waals surface area contributed by atoms with Gasteiger partial charge in [-0.3, -0.25) is 14.3 Å². The molecule has 1 aliphatic rings. The molecular weight excluding hydrogens is 300 g/mol. The number of nitrogens with zero attached hydrogens (tertiary/aromatic N) is 4. The Balaban J connectivity index is 1.69. The number of aliphatic carboxylic acids is 1. The molecule has 1 fully saturated rings. The number of amides is 1. The minimum Gasteiger partial charge on any atom is -0.480 e. The zero-order chi connectivity index (χ0) is 16.4. The molecular formula is C15H18N4O4. The first-order valence-electron chi connectivity index (χ1n) is 7.50. The van der Waals surface area contributed by atoms with Crippen LogP contribution in [-0.2, 0) is 11.3 Å². The van der Waals surface area contributed by atoms with Crippen LogP contribution >= 0.6 is 0 Å². The molecule has 1 amide bonds. The van der Waals surface area contributed by atoms with Crippen LogP contribution in [0.4, 0.5) is 0 Å². The lowest BCUT2D eigenvalue weighted by Gasteiger charge is -2.31. The minimum atomic E-state index is -0.929. The van der Waals surface area contributed by atoms with Gasteiger partial charge in [0.2, 0.25) is 0 Å². The van der Waals surface area contributed by atoms with Gasteiger partial charge in [0.25, 0.3) is 5.91 Å². The van der Waals surface area contributed by atoms with Gasteiger partial charge >= 0.3 is 5.97 Å². The Morgan fingerprint density at radius 3 is 3.00 bits per heavy atom. The summed E-state index contributed by atoms with van der Waals surface area (Å²) in [4.78, 5) is 24.9. The van der Waals surface area contributed by atoms with Gasteiger partial charge in [0.05, 0.1) is 5.69 Å². The van der Waals surface area contributed by atoms with E-state index in [0.29, 0.717) is 24.5 Å². The Bertz CT molecular complexity index is 721. The van der Waals surface area contributed by atoms with Gasteiger partial charge in [-0.05, 0) is 25.8 Å². The highest BCUT2D eigenvalue weighted by atomic mass is 16.5. The number of hydrogen-bond donors (Lipinski definition) is 1. The number of carboxylic acid groups (broad SMARTS) is 1.